The van der Waals surface area contributed by atoms with Gasteiger partial charge in [-0.05, 0) is 19.9 Å². The van der Waals surface area contributed by atoms with Crippen LogP contribution in [0.2, 0.25) is 0 Å². The van der Waals surface area contributed by atoms with Gasteiger partial charge in [0.15, 0.2) is 0 Å². The number of hydrogen-bond acceptors (Lipinski definition) is 5. The van der Waals surface area contributed by atoms with E-state index in [0.717, 1.165) is 4.88 Å². The number of carbonyl (C=O) groups excluding carboxylic acids is 2. The minimum absolute atomic E-state index is 0.281. The Kier molecular flexibility index (Phi) is 4.30. The maximum Gasteiger partial charge on any atom is 0.412 e. The van der Waals surface area contributed by atoms with Gasteiger partial charge in [-0.2, -0.15) is 0 Å². The molecule has 16 heavy (non-hydrogen) atoms. The lowest BCUT2D eigenvalue weighted by Gasteiger charge is -2.04. The van der Waals surface area contributed by atoms with E-state index < -0.39 is 12.1 Å². The van der Waals surface area contributed by atoms with Crippen LogP contribution >= 0.6 is 11.3 Å². The van der Waals surface area contributed by atoms with Crippen LogP contribution in [0, 0.1) is 6.92 Å². The average molecular weight is 243 g/mol. The van der Waals surface area contributed by atoms with Crippen LogP contribution in [-0.4, -0.2) is 25.8 Å². The summed E-state index contributed by atoms with van der Waals surface area (Å²) in [5.74, 6) is -0.476. The first-order valence-electron chi connectivity index (χ1n) is 4.71. The highest BCUT2D eigenvalue weighted by Crippen LogP contribution is 2.28. The fourth-order valence-corrected chi connectivity index (χ4v) is 2.01. The standard InChI is InChI=1S/C10H13NO4S/c1-4-15-10(13)11-8-7(9(12)14-3)5-6(2)16-8/h5H,4H2,1-3H3,(H,11,13). The minimum Gasteiger partial charge on any atom is -0.465 e. The molecule has 5 nitrogen and oxygen atoms in total. The number of anilines is 1. The Morgan fingerprint density at radius 2 is 2.19 bits per heavy atom. The van der Waals surface area contributed by atoms with Crippen LogP contribution in [0.15, 0.2) is 6.07 Å². The van der Waals surface area contributed by atoms with E-state index in [1.54, 1.807) is 13.0 Å². The third-order valence-corrected chi connectivity index (χ3v) is 2.72. The van der Waals surface area contributed by atoms with Crippen LogP contribution in [0.4, 0.5) is 9.80 Å². The topological polar surface area (TPSA) is 64.6 Å². The summed E-state index contributed by atoms with van der Waals surface area (Å²) in [7, 11) is 1.30. The molecule has 0 atom stereocenters. The Labute approximate surface area is 97.4 Å². The fourth-order valence-electron chi connectivity index (χ4n) is 1.13. The number of nitrogens with one attached hydrogen (secondary N) is 1. The lowest BCUT2D eigenvalue weighted by atomic mass is 10.3. The van der Waals surface area contributed by atoms with Gasteiger partial charge >= 0.3 is 12.1 Å². The van der Waals surface area contributed by atoms with Gasteiger partial charge < -0.3 is 9.47 Å². The summed E-state index contributed by atoms with van der Waals surface area (Å²) in [6, 6.07) is 1.66. The van der Waals surface area contributed by atoms with Crippen molar-refractivity contribution in [3.63, 3.8) is 0 Å². The second kappa shape index (κ2) is 5.50. The van der Waals surface area contributed by atoms with E-state index in [1.165, 1.54) is 18.4 Å². The normalized spacial score (nSPS) is 9.69. The maximum absolute atomic E-state index is 11.4. The monoisotopic (exact) mass is 243 g/mol. The van der Waals surface area contributed by atoms with Crippen LogP contribution < -0.4 is 5.32 Å². The number of carbonyl (C=O) groups is 2. The van der Waals surface area contributed by atoms with Crippen LogP contribution in [0.25, 0.3) is 0 Å². The molecule has 1 heterocycles. The van der Waals surface area contributed by atoms with Gasteiger partial charge in [0, 0.05) is 4.88 Å². The van der Waals surface area contributed by atoms with Gasteiger partial charge in [0.25, 0.3) is 0 Å². The van der Waals surface area contributed by atoms with E-state index in [9.17, 15) is 9.59 Å². The van der Waals surface area contributed by atoms with Crippen molar-refractivity contribution in [2.45, 2.75) is 13.8 Å². The van der Waals surface area contributed by atoms with E-state index in [-0.39, 0.29) is 6.61 Å². The first kappa shape index (κ1) is 12.5. The summed E-state index contributed by atoms with van der Waals surface area (Å²) < 4.78 is 9.34. The second-order valence-corrected chi connectivity index (χ2v) is 4.19. The number of methoxy groups -OCH3 is 1. The van der Waals surface area contributed by atoms with E-state index in [2.05, 4.69) is 10.1 Å². The zero-order chi connectivity index (χ0) is 12.1. The zero-order valence-corrected chi connectivity index (χ0v) is 10.1. The van der Waals surface area contributed by atoms with Crippen molar-refractivity contribution in [3.05, 3.63) is 16.5 Å². The Bertz CT molecular complexity index is 400. The number of rotatable bonds is 3. The van der Waals surface area contributed by atoms with Crippen LogP contribution in [0.1, 0.15) is 22.2 Å². The highest BCUT2D eigenvalue weighted by Gasteiger charge is 2.17. The van der Waals surface area contributed by atoms with Crippen LogP contribution in [0.3, 0.4) is 0 Å². The van der Waals surface area contributed by atoms with Gasteiger partial charge in [0.1, 0.15) is 5.00 Å². The molecule has 0 fully saturated rings. The summed E-state index contributed by atoms with van der Waals surface area (Å²) in [5, 5.41) is 2.95. The molecule has 0 radical (unpaired) electrons. The van der Waals surface area contributed by atoms with E-state index in [0.29, 0.717) is 10.6 Å². The quantitative estimate of drug-likeness (QED) is 0.828. The molecule has 88 valence electrons. The lowest BCUT2D eigenvalue weighted by molar-refractivity contribution is 0.0602. The summed E-state index contributed by atoms with van der Waals surface area (Å²) in [5.41, 5.74) is 0.345. The smallest absolute Gasteiger partial charge is 0.412 e. The number of thiophene rings is 1. The Balaban J connectivity index is 2.86. The number of hydrogen-bond donors (Lipinski definition) is 1. The molecule has 1 N–H and O–H groups in total. The third kappa shape index (κ3) is 2.96. The first-order chi connectivity index (χ1) is 7.58. The fraction of sp³-hybridized carbons (Fsp3) is 0.400. The van der Waals surface area contributed by atoms with Crippen molar-refractivity contribution in [1.82, 2.24) is 0 Å². The van der Waals surface area contributed by atoms with Crippen molar-refractivity contribution in [3.8, 4) is 0 Å². The SMILES string of the molecule is CCOC(=O)Nc1sc(C)cc1C(=O)OC. The van der Waals surface area contributed by atoms with E-state index >= 15 is 0 Å². The van der Waals surface area contributed by atoms with Crippen molar-refractivity contribution in [2.75, 3.05) is 19.0 Å². The van der Waals surface area contributed by atoms with Crippen LogP contribution in [0.5, 0.6) is 0 Å². The molecule has 0 aliphatic heterocycles. The van der Waals surface area contributed by atoms with Gasteiger partial charge in [0.2, 0.25) is 0 Å². The second-order valence-electron chi connectivity index (χ2n) is 2.94. The maximum atomic E-state index is 11.4. The third-order valence-electron chi connectivity index (χ3n) is 1.75. The molecule has 0 saturated carbocycles. The van der Waals surface area contributed by atoms with Gasteiger partial charge in [-0.25, -0.2) is 9.59 Å². The molecular weight excluding hydrogens is 230 g/mol. The highest BCUT2D eigenvalue weighted by atomic mass is 32.1. The van der Waals surface area contributed by atoms with Gasteiger partial charge in [-0.15, -0.1) is 11.3 Å². The van der Waals surface area contributed by atoms with E-state index in [1.807, 2.05) is 6.92 Å². The lowest BCUT2D eigenvalue weighted by Crippen LogP contribution is -2.14. The van der Waals surface area contributed by atoms with Crippen molar-refractivity contribution >= 4 is 28.4 Å². The molecule has 0 aromatic carbocycles. The molecule has 0 aliphatic rings. The summed E-state index contributed by atoms with van der Waals surface area (Å²) in [6.45, 7) is 3.83. The Morgan fingerprint density at radius 1 is 1.50 bits per heavy atom. The molecule has 1 amide bonds. The largest absolute Gasteiger partial charge is 0.465 e. The van der Waals surface area contributed by atoms with Gasteiger partial charge in [-0.3, -0.25) is 5.32 Å². The molecule has 0 bridgehead atoms. The minimum atomic E-state index is -0.575. The molecule has 1 aromatic rings. The molecule has 0 saturated heterocycles. The molecule has 0 unspecified atom stereocenters. The van der Waals surface area contributed by atoms with Crippen LogP contribution in [-0.2, 0) is 9.47 Å². The van der Waals surface area contributed by atoms with Gasteiger partial charge in [-0.1, -0.05) is 0 Å². The molecule has 1 rings (SSSR count). The van der Waals surface area contributed by atoms with Gasteiger partial charge in [0.05, 0.1) is 19.3 Å². The zero-order valence-electron chi connectivity index (χ0n) is 9.33. The highest BCUT2D eigenvalue weighted by molar-refractivity contribution is 7.16. The predicted octanol–water partition coefficient (Wildman–Crippen LogP) is 2.41. The van der Waals surface area contributed by atoms with Crippen molar-refractivity contribution in [2.24, 2.45) is 0 Å². The predicted molar refractivity (Wildman–Crippen MR) is 61.0 cm³/mol. The molecule has 0 spiro atoms. The molecule has 0 aliphatic carbocycles. The Morgan fingerprint density at radius 3 is 2.75 bits per heavy atom. The summed E-state index contributed by atoms with van der Waals surface area (Å²) in [4.78, 5) is 23.5. The number of ether oxygens (including phenoxy) is 2. The van der Waals surface area contributed by atoms with Crippen molar-refractivity contribution < 1.29 is 19.1 Å². The summed E-state index contributed by atoms with van der Waals surface area (Å²) >= 11 is 1.30. The number of amides is 1. The summed E-state index contributed by atoms with van der Waals surface area (Å²) in [6.07, 6.45) is -0.575. The number of esters is 1. The Hall–Kier alpha value is -1.56. The van der Waals surface area contributed by atoms with E-state index in [4.69, 9.17) is 4.74 Å². The molecular formula is C10H13NO4S. The molecule has 1 aromatic heterocycles. The average Bonchev–Trinajstić information content (AvgIpc) is 2.58. The first-order valence-corrected chi connectivity index (χ1v) is 5.52. The molecule has 6 heteroatoms. The van der Waals surface area contributed by atoms with Crippen molar-refractivity contribution in [1.29, 1.82) is 0 Å². The number of aryl methyl sites for hydroxylation is 1.